The molecule has 1 aromatic carbocycles. The van der Waals surface area contributed by atoms with Gasteiger partial charge in [-0.1, -0.05) is 43.2 Å². The molecule has 2 unspecified atom stereocenters. The Labute approximate surface area is 139 Å². The Balaban J connectivity index is 1.56. The summed E-state index contributed by atoms with van der Waals surface area (Å²) in [6.07, 6.45) is 7.74. The van der Waals surface area contributed by atoms with Crippen LogP contribution in [0.5, 0.6) is 0 Å². The predicted molar refractivity (Wildman–Crippen MR) is 94.6 cm³/mol. The van der Waals surface area contributed by atoms with Crippen molar-refractivity contribution in [2.45, 2.75) is 50.7 Å². The van der Waals surface area contributed by atoms with E-state index < -0.39 is 0 Å². The van der Waals surface area contributed by atoms with E-state index in [0.717, 1.165) is 25.5 Å². The number of guanidine groups is 1. The van der Waals surface area contributed by atoms with Crippen LogP contribution in [-0.2, 0) is 4.74 Å². The maximum Gasteiger partial charge on any atom is 0.191 e. The molecule has 2 aliphatic rings. The second-order valence-electron chi connectivity index (χ2n) is 6.68. The molecule has 2 atom stereocenters. The Kier molecular flexibility index (Phi) is 5.92. The summed E-state index contributed by atoms with van der Waals surface area (Å²) < 4.78 is 6.08. The zero-order valence-corrected chi connectivity index (χ0v) is 14.1. The van der Waals surface area contributed by atoms with Gasteiger partial charge in [0, 0.05) is 32.2 Å². The van der Waals surface area contributed by atoms with Gasteiger partial charge in [-0.3, -0.25) is 4.99 Å². The van der Waals surface area contributed by atoms with E-state index in [0.29, 0.717) is 12.0 Å². The van der Waals surface area contributed by atoms with Crippen molar-refractivity contribution in [2.24, 2.45) is 10.9 Å². The van der Waals surface area contributed by atoms with Crippen molar-refractivity contribution >= 4 is 5.96 Å². The van der Waals surface area contributed by atoms with Gasteiger partial charge in [-0.2, -0.15) is 0 Å². The fourth-order valence-electron chi connectivity index (χ4n) is 3.75. The molecule has 0 amide bonds. The molecule has 1 saturated carbocycles. The lowest BCUT2D eigenvalue weighted by Gasteiger charge is -2.32. The van der Waals surface area contributed by atoms with Crippen LogP contribution in [0.15, 0.2) is 35.3 Å². The van der Waals surface area contributed by atoms with Crippen LogP contribution < -0.4 is 10.6 Å². The predicted octanol–water partition coefficient (Wildman–Crippen LogP) is 3.26. The lowest BCUT2D eigenvalue weighted by molar-refractivity contribution is -0.0265. The van der Waals surface area contributed by atoms with Gasteiger partial charge >= 0.3 is 0 Å². The number of benzene rings is 1. The first kappa shape index (κ1) is 16.3. The Morgan fingerprint density at radius 2 is 1.91 bits per heavy atom. The SMILES string of the molecule is CN=C(NCC1CCCOC1c1ccccc1)NC1CCCC1. The number of ether oxygens (including phenoxy) is 1. The molecule has 1 aromatic rings. The van der Waals surface area contributed by atoms with Crippen LogP contribution in [0.25, 0.3) is 0 Å². The van der Waals surface area contributed by atoms with Crippen LogP contribution in [-0.4, -0.2) is 32.2 Å². The first-order valence-electron chi connectivity index (χ1n) is 9.00. The summed E-state index contributed by atoms with van der Waals surface area (Å²) in [5.41, 5.74) is 1.29. The molecule has 1 aliphatic carbocycles. The highest BCUT2D eigenvalue weighted by Crippen LogP contribution is 2.33. The third-order valence-corrected chi connectivity index (χ3v) is 5.02. The monoisotopic (exact) mass is 315 g/mol. The van der Waals surface area contributed by atoms with Crippen molar-refractivity contribution in [3.8, 4) is 0 Å². The minimum Gasteiger partial charge on any atom is -0.373 e. The van der Waals surface area contributed by atoms with Gasteiger partial charge < -0.3 is 15.4 Å². The zero-order valence-electron chi connectivity index (χ0n) is 14.1. The highest BCUT2D eigenvalue weighted by molar-refractivity contribution is 5.80. The topological polar surface area (TPSA) is 45.7 Å². The maximum absolute atomic E-state index is 6.08. The number of hydrogen-bond donors (Lipinski definition) is 2. The molecule has 4 nitrogen and oxygen atoms in total. The van der Waals surface area contributed by atoms with Crippen molar-refractivity contribution < 1.29 is 4.74 Å². The molecule has 126 valence electrons. The van der Waals surface area contributed by atoms with Gasteiger partial charge in [0.05, 0.1) is 6.10 Å². The molecule has 0 aromatic heterocycles. The summed E-state index contributed by atoms with van der Waals surface area (Å²) in [6.45, 7) is 1.77. The van der Waals surface area contributed by atoms with Crippen LogP contribution in [0.2, 0.25) is 0 Å². The Bertz CT molecular complexity index is 497. The van der Waals surface area contributed by atoms with Crippen LogP contribution in [0.4, 0.5) is 0 Å². The Morgan fingerprint density at radius 1 is 1.13 bits per heavy atom. The lowest BCUT2D eigenvalue weighted by Crippen LogP contribution is -2.45. The van der Waals surface area contributed by atoms with Crippen molar-refractivity contribution in [2.75, 3.05) is 20.2 Å². The van der Waals surface area contributed by atoms with Gasteiger partial charge in [0.15, 0.2) is 5.96 Å². The molecule has 3 rings (SSSR count). The second kappa shape index (κ2) is 8.34. The first-order chi connectivity index (χ1) is 11.4. The van der Waals surface area contributed by atoms with Crippen molar-refractivity contribution in [3.63, 3.8) is 0 Å². The van der Waals surface area contributed by atoms with E-state index in [2.05, 4.69) is 46.0 Å². The zero-order chi connectivity index (χ0) is 15.9. The number of aliphatic imine (C=N–C) groups is 1. The van der Waals surface area contributed by atoms with E-state index in [1.807, 2.05) is 7.05 Å². The molecule has 0 bridgehead atoms. The highest BCUT2D eigenvalue weighted by atomic mass is 16.5. The summed E-state index contributed by atoms with van der Waals surface area (Å²) in [4.78, 5) is 4.39. The number of nitrogens with one attached hydrogen (secondary N) is 2. The van der Waals surface area contributed by atoms with E-state index >= 15 is 0 Å². The van der Waals surface area contributed by atoms with Gasteiger partial charge in [0.1, 0.15) is 0 Å². The van der Waals surface area contributed by atoms with E-state index in [9.17, 15) is 0 Å². The molecule has 23 heavy (non-hydrogen) atoms. The summed E-state index contributed by atoms with van der Waals surface area (Å²) in [6, 6.07) is 11.2. The van der Waals surface area contributed by atoms with Crippen molar-refractivity contribution in [3.05, 3.63) is 35.9 Å². The second-order valence-corrected chi connectivity index (χ2v) is 6.68. The number of nitrogens with zero attached hydrogens (tertiary/aromatic N) is 1. The summed E-state index contributed by atoms with van der Waals surface area (Å²) >= 11 is 0. The van der Waals surface area contributed by atoms with Gasteiger partial charge in [-0.15, -0.1) is 0 Å². The third-order valence-electron chi connectivity index (χ3n) is 5.02. The number of hydrogen-bond acceptors (Lipinski definition) is 2. The summed E-state index contributed by atoms with van der Waals surface area (Å²) in [5, 5.41) is 7.08. The smallest absolute Gasteiger partial charge is 0.191 e. The Morgan fingerprint density at radius 3 is 2.65 bits per heavy atom. The molecule has 2 N–H and O–H groups in total. The normalized spacial score (nSPS) is 26.2. The average molecular weight is 315 g/mol. The molecule has 1 aliphatic heterocycles. The molecule has 4 heteroatoms. The Hall–Kier alpha value is -1.55. The van der Waals surface area contributed by atoms with E-state index in [-0.39, 0.29) is 6.10 Å². The van der Waals surface area contributed by atoms with Crippen LogP contribution in [0, 0.1) is 5.92 Å². The summed E-state index contributed by atoms with van der Waals surface area (Å²) in [7, 11) is 1.86. The lowest BCUT2D eigenvalue weighted by atomic mass is 9.89. The molecular formula is C19H29N3O. The quantitative estimate of drug-likeness (QED) is 0.662. The first-order valence-corrected chi connectivity index (χ1v) is 9.00. The van der Waals surface area contributed by atoms with Crippen LogP contribution >= 0.6 is 0 Å². The van der Waals surface area contributed by atoms with Gasteiger partial charge in [-0.05, 0) is 31.2 Å². The van der Waals surface area contributed by atoms with Gasteiger partial charge in [-0.25, -0.2) is 0 Å². The molecule has 1 saturated heterocycles. The third kappa shape index (κ3) is 4.47. The molecular weight excluding hydrogens is 286 g/mol. The minimum atomic E-state index is 0.196. The van der Waals surface area contributed by atoms with Crippen LogP contribution in [0.3, 0.4) is 0 Å². The summed E-state index contributed by atoms with van der Waals surface area (Å²) in [5.74, 6) is 1.43. The molecule has 0 spiro atoms. The highest BCUT2D eigenvalue weighted by Gasteiger charge is 2.27. The fourth-order valence-corrected chi connectivity index (χ4v) is 3.75. The van der Waals surface area contributed by atoms with Crippen LogP contribution in [0.1, 0.15) is 50.2 Å². The van der Waals surface area contributed by atoms with E-state index in [4.69, 9.17) is 4.74 Å². The van der Waals surface area contributed by atoms with E-state index in [1.54, 1.807) is 0 Å². The maximum atomic E-state index is 6.08. The fraction of sp³-hybridized carbons (Fsp3) is 0.632. The number of rotatable bonds is 4. The molecule has 2 fully saturated rings. The molecule has 0 radical (unpaired) electrons. The van der Waals surface area contributed by atoms with E-state index in [1.165, 1.54) is 37.7 Å². The minimum absolute atomic E-state index is 0.196. The van der Waals surface area contributed by atoms with Crippen molar-refractivity contribution in [1.29, 1.82) is 0 Å². The molecule has 1 heterocycles. The largest absolute Gasteiger partial charge is 0.373 e. The van der Waals surface area contributed by atoms with Gasteiger partial charge in [0.2, 0.25) is 0 Å². The van der Waals surface area contributed by atoms with Crippen molar-refractivity contribution in [1.82, 2.24) is 10.6 Å². The van der Waals surface area contributed by atoms with Gasteiger partial charge in [0.25, 0.3) is 0 Å². The average Bonchev–Trinajstić information content (AvgIpc) is 3.12. The standard InChI is InChI=1S/C19H29N3O/c1-20-19(22-17-11-5-6-12-17)21-14-16-10-7-13-23-18(16)15-8-3-2-4-9-15/h2-4,8-9,16-18H,5-7,10-14H2,1H3,(H2,20,21,22).